The number of methoxy groups -OCH3 is 1. The SMILES string of the molecule is CCOc1ccc2[nH]c(=O)c(C(c3nnnn3CCOC)N3CCN(c4cc(C)ccc4C)CC3)cc2c1. The number of benzene rings is 2. The lowest BCUT2D eigenvalue weighted by atomic mass is 10.0. The largest absolute Gasteiger partial charge is 0.494 e. The molecule has 4 aromatic rings. The van der Waals surface area contributed by atoms with Crippen molar-refractivity contribution < 1.29 is 9.47 Å². The zero-order valence-corrected chi connectivity index (χ0v) is 22.5. The number of pyridine rings is 1. The molecule has 3 heterocycles. The smallest absolute Gasteiger partial charge is 0.253 e. The van der Waals surface area contributed by atoms with Crippen LogP contribution in [0.25, 0.3) is 10.9 Å². The van der Waals surface area contributed by atoms with Gasteiger partial charge in [-0.25, -0.2) is 4.68 Å². The van der Waals surface area contributed by atoms with Gasteiger partial charge in [-0.2, -0.15) is 0 Å². The first kappa shape index (κ1) is 25.9. The molecule has 1 N–H and O–H groups in total. The fourth-order valence-corrected chi connectivity index (χ4v) is 5.19. The van der Waals surface area contributed by atoms with Crippen LogP contribution in [-0.2, 0) is 11.3 Å². The minimum atomic E-state index is -0.411. The molecule has 0 saturated carbocycles. The van der Waals surface area contributed by atoms with E-state index in [1.54, 1.807) is 11.8 Å². The summed E-state index contributed by atoms with van der Waals surface area (Å²) in [5.74, 6) is 1.40. The number of nitrogens with one attached hydrogen (secondary N) is 1. The van der Waals surface area contributed by atoms with Crippen LogP contribution in [0.3, 0.4) is 0 Å². The van der Waals surface area contributed by atoms with Crippen LogP contribution >= 0.6 is 0 Å². The Bertz CT molecular complexity index is 1460. The average Bonchev–Trinajstić information content (AvgIpc) is 3.38. The summed E-state index contributed by atoms with van der Waals surface area (Å²) < 4.78 is 12.7. The molecule has 38 heavy (non-hydrogen) atoms. The van der Waals surface area contributed by atoms with E-state index in [2.05, 4.69) is 62.4 Å². The van der Waals surface area contributed by atoms with Gasteiger partial charge >= 0.3 is 0 Å². The maximum Gasteiger partial charge on any atom is 0.253 e. The lowest BCUT2D eigenvalue weighted by Gasteiger charge is -2.40. The second kappa shape index (κ2) is 11.3. The number of piperazine rings is 1. The molecule has 1 aliphatic heterocycles. The van der Waals surface area contributed by atoms with Crippen molar-refractivity contribution in [1.82, 2.24) is 30.1 Å². The topological polar surface area (TPSA) is 101 Å². The van der Waals surface area contributed by atoms with Crippen molar-refractivity contribution in [2.75, 3.05) is 51.4 Å². The van der Waals surface area contributed by atoms with E-state index in [-0.39, 0.29) is 5.56 Å². The zero-order valence-electron chi connectivity index (χ0n) is 22.5. The number of H-pyrrole nitrogens is 1. The molecule has 5 rings (SSSR count). The van der Waals surface area contributed by atoms with Crippen LogP contribution in [-0.4, -0.2) is 76.6 Å². The summed E-state index contributed by atoms with van der Waals surface area (Å²) >= 11 is 0. The van der Waals surface area contributed by atoms with Crippen LogP contribution in [0.2, 0.25) is 0 Å². The number of rotatable bonds is 9. The minimum absolute atomic E-state index is 0.148. The normalized spacial score (nSPS) is 15.2. The maximum absolute atomic E-state index is 13.5. The Morgan fingerprint density at radius 3 is 2.63 bits per heavy atom. The Hall–Kier alpha value is -3.76. The van der Waals surface area contributed by atoms with Crippen molar-refractivity contribution in [3.63, 3.8) is 0 Å². The van der Waals surface area contributed by atoms with Gasteiger partial charge in [-0.15, -0.1) is 5.10 Å². The quantitative estimate of drug-likeness (QED) is 0.362. The van der Waals surface area contributed by atoms with Gasteiger partial charge in [0, 0.05) is 55.4 Å². The number of anilines is 1. The average molecular weight is 518 g/mol. The van der Waals surface area contributed by atoms with Crippen molar-refractivity contribution in [2.24, 2.45) is 0 Å². The molecule has 1 atom stereocenters. The van der Waals surface area contributed by atoms with Crippen molar-refractivity contribution in [3.05, 3.63) is 75.3 Å². The molecule has 10 heteroatoms. The van der Waals surface area contributed by atoms with Crippen LogP contribution in [0.1, 0.15) is 35.5 Å². The van der Waals surface area contributed by atoms with Crippen LogP contribution in [0.4, 0.5) is 5.69 Å². The maximum atomic E-state index is 13.5. The highest BCUT2D eigenvalue weighted by Crippen LogP contribution is 2.30. The Labute approximate surface area is 222 Å². The van der Waals surface area contributed by atoms with Gasteiger partial charge in [0.2, 0.25) is 0 Å². The molecule has 200 valence electrons. The third kappa shape index (κ3) is 5.27. The Kier molecular flexibility index (Phi) is 7.71. The summed E-state index contributed by atoms with van der Waals surface area (Å²) in [4.78, 5) is 21.3. The van der Waals surface area contributed by atoms with Gasteiger partial charge in [-0.3, -0.25) is 9.69 Å². The summed E-state index contributed by atoms with van der Waals surface area (Å²) in [6.07, 6.45) is 0. The molecule has 0 radical (unpaired) electrons. The summed E-state index contributed by atoms with van der Waals surface area (Å²) in [5, 5.41) is 13.5. The molecule has 1 fully saturated rings. The lowest BCUT2D eigenvalue weighted by molar-refractivity contribution is 0.171. The highest BCUT2D eigenvalue weighted by atomic mass is 16.5. The van der Waals surface area contributed by atoms with E-state index in [4.69, 9.17) is 9.47 Å². The number of ether oxygens (including phenoxy) is 2. The summed E-state index contributed by atoms with van der Waals surface area (Å²) in [5.41, 5.74) is 5.00. The van der Waals surface area contributed by atoms with Crippen LogP contribution in [0, 0.1) is 13.8 Å². The van der Waals surface area contributed by atoms with E-state index in [0.717, 1.165) is 42.8 Å². The molecule has 0 bridgehead atoms. The molecule has 0 spiro atoms. The first-order valence-electron chi connectivity index (χ1n) is 13.1. The standard InChI is InChI=1S/C28H35N7O3/c1-5-38-22-8-9-24-21(17-22)18-23(28(36)29-24)26(27-30-31-32-35(27)14-15-37-4)34-12-10-33(11-13-34)25-16-19(2)6-7-20(25)3/h6-9,16-18,26H,5,10-15H2,1-4H3,(H,29,36). The van der Waals surface area contributed by atoms with E-state index in [9.17, 15) is 4.79 Å². The van der Waals surface area contributed by atoms with E-state index in [1.165, 1.54) is 16.8 Å². The van der Waals surface area contributed by atoms with Gasteiger partial charge < -0.3 is 19.4 Å². The lowest BCUT2D eigenvalue weighted by Crippen LogP contribution is -2.49. The van der Waals surface area contributed by atoms with Gasteiger partial charge in [0.25, 0.3) is 5.56 Å². The molecule has 10 nitrogen and oxygen atoms in total. The molecule has 2 aromatic heterocycles. The molecule has 1 unspecified atom stereocenters. The van der Waals surface area contributed by atoms with Gasteiger partial charge in [0.1, 0.15) is 11.8 Å². The third-order valence-electron chi connectivity index (χ3n) is 7.15. The number of hydrogen-bond acceptors (Lipinski definition) is 8. The monoisotopic (exact) mass is 517 g/mol. The van der Waals surface area contributed by atoms with Crippen LogP contribution < -0.4 is 15.2 Å². The van der Waals surface area contributed by atoms with Crippen molar-refractivity contribution >= 4 is 16.6 Å². The number of aromatic nitrogens is 5. The van der Waals surface area contributed by atoms with Crippen molar-refractivity contribution in [2.45, 2.75) is 33.4 Å². The molecule has 0 aliphatic carbocycles. The minimum Gasteiger partial charge on any atom is -0.494 e. The fraction of sp³-hybridized carbons (Fsp3) is 0.429. The Morgan fingerprint density at radius 1 is 1.05 bits per heavy atom. The number of hydrogen-bond donors (Lipinski definition) is 1. The second-order valence-electron chi connectivity index (χ2n) is 9.70. The Balaban J connectivity index is 1.52. The number of aromatic amines is 1. The molecule has 2 aromatic carbocycles. The number of aryl methyl sites for hydroxylation is 2. The Morgan fingerprint density at radius 2 is 1.87 bits per heavy atom. The van der Waals surface area contributed by atoms with Gasteiger partial charge in [0.05, 0.1) is 19.8 Å². The zero-order chi connectivity index (χ0) is 26.6. The van der Waals surface area contributed by atoms with Gasteiger partial charge in [-0.05, 0) is 72.7 Å². The van der Waals surface area contributed by atoms with Gasteiger partial charge in [0.15, 0.2) is 5.82 Å². The summed E-state index contributed by atoms with van der Waals surface area (Å²) in [7, 11) is 1.65. The predicted molar refractivity (Wildman–Crippen MR) is 147 cm³/mol. The summed E-state index contributed by atoms with van der Waals surface area (Å²) in [6.45, 7) is 10.9. The fourth-order valence-electron chi connectivity index (χ4n) is 5.19. The molecular formula is C28H35N7O3. The number of fused-ring (bicyclic) bond motifs is 1. The van der Waals surface area contributed by atoms with E-state index >= 15 is 0 Å². The molecule has 0 amide bonds. The predicted octanol–water partition coefficient (Wildman–Crippen LogP) is 3.09. The van der Waals surface area contributed by atoms with Gasteiger partial charge in [-0.1, -0.05) is 12.1 Å². The molecule has 1 saturated heterocycles. The van der Waals surface area contributed by atoms with E-state index < -0.39 is 6.04 Å². The molecular weight excluding hydrogens is 482 g/mol. The highest BCUT2D eigenvalue weighted by molar-refractivity contribution is 5.80. The summed E-state index contributed by atoms with van der Waals surface area (Å²) in [6, 6.07) is 13.8. The first-order valence-corrected chi connectivity index (χ1v) is 13.1. The van der Waals surface area contributed by atoms with Crippen LogP contribution in [0.5, 0.6) is 5.75 Å². The van der Waals surface area contributed by atoms with Crippen molar-refractivity contribution in [3.8, 4) is 5.75 Å². The first-order chi connectivity index (χ1) is 18.5. The van der Waals surface area contributed by atoms with E-state index in [0.29, 0.717) is 31.1 Å². The van der Waals surface area contributed by atoms with Crippen molar-refractivity contribution in [1.29, 1.82) is 0 Å². The van der Waals surface area contributed by atoms with Crippen LogP contribution in [0.15, 0.2) is 47.3 Å². The number of nitrogens with zero attached hydrogens (tertiary/aromatic N) is 6. The van der Waals surface area contributed by atoms with E-state index in [1.807, 2.05) is 31.2 Å². The highest BCUT2D eigenvalue weighted by Gasteiger charge is 2.33. The molecule has 1 aliphatic rings. The third-order valence-corrected chi connectivity index (χ3v) is 7.15. The second-order valence-corrected chi connectivity index (χ2v) is 9.70. The number of tetrazole rings is 1.